The number of aromatic nitrogens is 4. The maximum absolute atomic E-state index is 13.1. The van der Waals surface area contributed by atoms with Gasteiger partial charge < -0.3 is 4.90 Å². The first kappa shape index (κ1) is 13.5. The van der Waals surface area contributed by atoms with Crippen LogP contribution in [0.5, 0.6) is 0 Å². The van der Waals surface area contributed by atoms with E-state index in [1.807, 2.05) is 4.90 Å². The summed E-state index contributed by atoms with van der Waals surface area (Å²) in [6.07, 6.45) is 3.19. The van der Waals surface area contributed by atoms with E-state index >= 15 is 0 Å². The lowest BCUT2D eigenvalue weighted by Crippen LogP contribution is -2.43. The summed E-state index contributed by atoms with van der Waals surface area (Å²) in [4.78, 5) is 21.0. The molecule has 0 aliphatic carbocycles. The van der Waals surface area contributed by atoms with Gasteiger partial charge in [-0.15, -0.1) is 0 Å². The maximum atomic E-state index is 13.1. The molecule has 116 valence electrons. The zero-order valence-corrected chi connectivity index (χ0v) is 11.8. The van der Waals surface area contributed by atoms with Crippen LogP contribution in [0.1, 0.15) is 49.4 Å². The summed E-state index contributed by atoms with van der Waals surface area (Å²) < 4.78 is 27.7. The first-order valence-corrected chi connectivity index (χ1v) is 7.40. The summed E-state index contributed by atoms with van der Waals surface area (Å²) >= 11 is 0. The molecule has 0 aromatic carbocycles. The molecule has 4 heterocycles. The molecule has 2 fully saturated rings. The lowest BCUT2D eigenvalue weighted by atomic mass is 9.87. The van der Waals surface area contributed by atoms with Crippen LogP contribution in [0.3, 0.4) is 0 Å². The fourth-order valence-corrected chi connectivity index (χ4v) is 3.94. The van der Waals surface area contributed by atoms with Gasteiger partial charge in [-0.3, -0.25) is 4.79 Å². The second-order valence-corrected chi connectivity index (χ2v) is 5.91. The van der Waals surface area contributed by atoms with Gasteiger partial charge in [-0.1, -0.05) is 0 Å². The number of nitrogens with zero attached hydrogens (tertiary/aromatic N) is 5. The first-order valence-electron chi connectivity index (χ1n) is 7.40. The van der Waals surface area contributed by atoms with Crippen molar-refractivity contribution in [2.45, 2.75) is 50.1 Å². The Labute approximate surface area is 125 Å². The van der Waals surface area contributed by atoms with Crippen molar-refractivity contribution >= 4 is 12.2 Å². The second-order valence-electron chi connectivity index (χ2n) is 5.91. The monoisotopic (exact) mass is 307 g/mol. The van der Waals surface area contributed by atoms with E-state index < -0.39 is 6.43 Å². The van der Waals surface area contributed by atoms with Gasteiger partial charge in [0.15, 0.2) is 0 Å². The van der Waals surface area contributed by atoms with Crippen LogP contribution in [-0.4, -0.2) is 43.0 Å². The largest absolute Gasteiger partial charge is 0.339 e. The van der Waals surface area contributed by atoms with E-state index in [1.54, 1.807) is 0 Å². The molecule has 2 aromatic rings. The molecule has 0 radical (unpaired) electrons. The quantitative estimate of drug-likeness (QED) is 0.813. The van der Waals surface area contributed by atoms with Gasteiger partial charge in [0.05, 0.1) is 5.69 Å². The van der Waals surface area contributed by atoms with Crippen LogP contribution in [0.25, 0.3) is 5.78 Å². The Hall–Kier alpha value is -2.12. The molecule has 2 saturated heterocycles. The molecule has 2 aromatic heterocycles. The molecule has 2 aliphatic rings. The Morgan fingerprint density at radius 1 is 1.27 bits per heavy atom. The van der Waals surface area contributed by atoms with Gasteiger partial charge in [0.25, 0.3) is 12.2 Å². The Morgan fingerprint density at radius 2 is 2.09 bits per heavy atom. The molecular weight excluding hydrogens is 292 g/mol. The molecule has 2 unspecified atom stereocenters. The van der Waals surface area contributed by atoms with Crippen molar-refractivity contribution in [3.63, 3.8) is 0 Å². The van der Waals surface area contributed by atoms with E-state index in [4.69, 9.17) is 0 Å². The van der Waals surface area contributed by atoms with Crippen molar-refractivity contribution in [3.05, 3.63) is 23.8 Å². The Kier molecular flexibility index (Phi) is 3.05. The highest BCUT2D eigenvalue weighted by Crippen LogP contribution is 2.43. The standard InChI is InChI=1S/C14H15F2N5O/c15-13(16)10-5-12(21-14(19-10)17-6-18-21)9-3-1-8-2-4-11(9)20(8)7-22/h5-9,11,13H,1-4H2/t8-,9?,11?/m1/s1. The van der Waals surface area contributed by atoms with Crippen LogP contribution in [0.2, 0.25) is 0 Å². The summed E-state index contributed by atoms with van der Waals surface area (Å²) in [5.41, 5.74) is 0.392. The SMILES string of the molecule is O=CN1C2CC[C@H]1CCC2c1cc(C(F)F)nc2ncnn12. The lowest BCUT2D eigenvalue weighted by molar-refractivity contribution is -0.122. The summed E-state index contributed by atoms with van der Waals surface area (Å²) in [5, 5.41) is 4.12. The van der Waals surface area contributed by atoms with Crippen molar-refractivity contribution in [1.29, 1.82) is 0 Å². The minimum absolute atomic E-state index is 0.00588. The minimum Gasteiger partial charge on any atom is -0.339 e. The van der Waals surface area contributed by atoms with E-state index in [0.717, 1.165) is 32.1 Å². The highest BCUT2D eigenvalue weighted by Gasteiger charge is 2.43. The van der Waals surface area contributed by atoms with Gasteiger partial charge in [0.2, 0.25) is 6.41 Å². The molecule has 3 atom stereocenters. The van der Waals surface area contributed by atoms with E-state index in [0.29, 0.717) is 11.7 Å². The van der Waals surface area contributed by atoms with Crippen LogP contribution in [0, 0.1) is 0 Å². The van der Waals surface area contributed by atoms with E-state index in [1.165, 1.54) is 16.9 Å². The number of rotatable bonds is 3. The number of piperidine rings is 1. The third-order valence-electron chi connectivity index (χ3n) is 4.90. The predicted molar refractivity (Wildman–Crippen MR) is 72.4 cm³/mol. The second kappa shape index (κ2) is 4.96. The van der Waals surface area contributed by atoms with Gasteiger partial charge in [0.1, 0.15) is 12.0 Å². The Bertz CT molecular complexity index is 718. The smallest absolute Gasteiger partial charge is 0.280 e. The molecule has 8 heteroatoms. The molecule has 1 amide bonds. The number of halogens is 2. The average Bonchev–Trinajstić information content (AvgIpc) is 3.09. The normalized spacial score (nSPS) is 27.8. The van der Waals surface area contributed by atoms with Gasteiger partial charge in [-0.05, 0) is 31.7 Å². The number of carbonyl (C=O) groups excluding carboxylic acids is 1. The van der Waals surface area contributed by atoms with Gasteiger partial charge in [-0.2, -0.15) is 10.1 Å². The molecule has 6 nitrogen and oxygen atoms in total. The number of fused-ring (bicyclic) bond motifs is 3. The molecule has 2 bridgehead atoms. The van der Waals surface area contributed by atoms with Crippen LogP contribution in [-0.2, 0) is 4.79 Å². The van der Waals surface area contributed by atoms with Crippen LogP contribution in [0.15, 0.2) is 12.4 Å². The molecule has 0 spiro atoms. The molecule has 0 N–H and O–H groups in total. The van der Waals surface area contributed by atoms with Crippen molar-refractivity contribution in [3.8, 4) is 0 Å². The van der Waals surface area contributed by atoms with E-state index in [-0.39, 0.29) is 23.4 Å². The van der Waals surface area contributed by atoms with Crippen molar-refractivity contribution in [2.75, 3.05) is 0 Å². The predicted octanol–water partition coefficient (Wildman–Crippen LogP) is 1.93. The zero-order valence-electron chi connectivity index (χ0n) is 11.8. The van der Waals surface area contributed by atoms with Gasteiger partial charge in [0, 0.05) is 18.0 Å². The summed E-state index contributed by atoms with van der Waals surface area (Å²) in [7, 11) is 0. The molecular formula is C14H15F2N5O. The lowest BCUT2D eigenvalue weighted by Gasteiger charge is -2.37. The van der Waals surface area contributed by atoms with Crippen LogP contribution < -0.4 is 0 Å². The topological polar surface area (TPSA) is 63.4 Å². The highest BCUT2D eigenvalue weighted by atomic mass is 19.3. The Morgan fingerprint density at radius 3 is 2.86 bits per heavy atom. The zero-order chi connectivity index (χ0) is 15.3. The van der Waals surface area contributed by atoms with Crippen LogP contribution in [0.4, 0.5) is 8.78 Å². The number of amides is 1. The number of alkyl halides is 2. The summed E-state index contributed by atoms with van der Waals surface area (Å²) in [6, 6.07) is 1.76. The summed E-state index contributed by atoms with van der Waals surface area (Å²) in [6.45, 7) is 0. The molecule has 4 rings (SSSR count). The van der Waals surface area contributed by atoms with Crippen molar-refractivity contribution in [2.24, 2.45) is 0 Å². The van der Waals surface area contributed by atoms with Gasteiger partial charge >= 0.3 is 0 Å². The fraction of sp³-hybridized carbons (Fsp3) is 0.571. The van der Waals surface area contributed by atoms with Crippen LogP contribution >= 0.6 is 0 Å². The van der Waals surface area contributed by atoms with E-state index in [2.05, 4.69) is 15.1 Å². The highest BCUT2D eigenvalue weighted by molar-refractivity contribution is 5.50. The third-order valence-corrected chi connectivity index (χ3v) is 4.90. The fourth-order valence-electron chi connectivity index (χ4n) is 3.94. The number of hydrogen-bond acceptors (Lipinski definition) is 4. The van der Waals surface area contributed by atoms with Crippen molar-refractivity contribution < 1.29 is 13.6 Å². The minimum atomic E-state index is -2.65. The Balaban J connectivity index is 1.83. The molecule has 2 aliphatic heterocycles. The summed E-state index contributed by atoms with van der Waals surface area (Å²) in [5.74, 6) is 0.180. The first-order chi connectivity index (χ1) is 10.7. The number of carbonyl (C=O) groups is 1. The number of hydrogen-bond donors (Lipinski definition) is 0. The van der Waals surface area contributed by atoms with Crippen molar-refractivity contribution in [1.82, 2.24) is 24.5 Å². The molecule has 0 saturated carbocycles. The maximum Gasteiger partial charge on any atom is 0.280 e. The van der Waals surface area contributed by atoms with Gasteiger partial charge in [-0.25, -0.2) is 18.3 Å². The third kappa shape index (κ3) is 1.89. The van der Waals surface area contributed by atoms with E-state index in [9.17, 15) is 13.6 Å². The average molecular weight is 307 g/mol. The molecule has 22 heavy (non-hydrogen) atoms.